The van der Waals surface area contributed by atoms with E-state index in [0.29, 0.717) is 5.56 Å². The molecule has 1 heterocycles. The van der Waals surface area contributed by atoms with Gasteiger partial charge in [-0.3, -0.25) is 0 Å². The van der Waals surface area contributed by atoms with Gasteiger partial charge in [0, 0.05) is 5.56 Å². The minimum Gasteiger partial charge on any atom is -0.507 e. The number of rotatable bonds is 2. The summed E-state index contributed by atoms with van der Waals surface area (Å²) in [6.45, 7) is 6.33. The van der Waals surface area contributed by atoms with Crippen molar-refractivity contribution in [1.82, 2.24) is 0 Å². The molecule has 1 aliphatic rings. The molecule has 0 amide bonds. The van der Waals surface area contributed by atoms with Gasteiger partial charge >= 0.3 is 0 Å². The number of hydrogen-bond donors (Lipinski definition) is 1. The molecule has 1 aliphatic heterocycles. The van der Waals surface area contributed by atoms with Crippen molar-refractivity contribution in [3.05, 3.63) is 65.2 Å². The zero-order chi connectivity index (χ0) is 14.4. The molecule has 2 aromatic carbocycles. The molecule has 2 aromatic rings. The van der Waals surface area contributed by atoms with Crippen LogP contribution in [0.3, 0.4) is 0 Å². The Bertz CT molecular complexity index is 622. The third-order valence-corrected chi connectivity index (χ3v) is 3.62. The molecule has 3 nitrogen and oxygen atoms in total. The molecule has 0 aromatic heterocycles. The second-order valence-electron chi connectivity index (χ2n) is 6.13. The fourth-order valence-electron chi connectivity index (χ4n) is 2.32. The Kier molecular flexibility index (Phi) is 2.85. The Morgan fingerprint density at radius 1 is 0.950 bits per heavy atom. The van der Waals surface area contributed by atoms with Crippen molar-refractivity contribution in [2.24, 2.45) is 0 Å². The van der Waals surface area contributed by atoms with Crippen LogP contribution in [-0.2, 0) is 21.0 Å². The molecule has 1 fully saturated rings. The van der Waals surface area contributed by atoms with E-state index in [2.05, 4.69) is 20.8 Å². The zero-order valence-electron chi connectivity index (χ0n) is 11.9. The Morgan fingerprint density at radius 3 is 2.10 bits per heavy atom. The Morgan fingerprint density at radius 2 is 1.60 bits per heavy atom. The van der Waals surface area contributed by atoms with Crippen molar-refractivity contribution in [2.75, 3.05) is 0 Å². The summed E-state index contributed by atoms with van der Waals surface area (Å²) in [7, 11) is 0. The predicted molar refractivity (Wildman–Crippen MR) is 76.2 cm³/mol. The van der Waals surface area contributed by atoms with Crippen molar-refractivity contribution in [3.63, 3.8) is 0 Å². The normalized spacial score (nSPS) is 16.9. The third kappa shape index (κ3) is 2.09. The van der Waals surface area contributed by atoms with Crippen LogP contribution in [0.15, 0.2) is 48.5 Å². The summed E-state index contributed by atoms with van der Waals surface area (Å²) in [4.78, 5) is 10.4. The summed E-state index contributed by atoms with van der Waals surface area (Å²) in [5, 5.41) is 10.3. The molecule has 0 spiro atoms. The first-order chi connectivity index (χ1) is 9.43. The highest BCUT2D eigenvalue weighted by atomic mass is 17.4. The average Bonchev–Trinajstić information content (AvgIpc) is 3.20. The molecular weight excluding hydrogens is 252 g/mol. The lowest BCUT2D eigenvalue weighted by Crippen LogP contribution is -2.14. The van der Waals surface area contributed by atoms with Crippen molar-refractivity contribution in [2.45, 2.75) is 32.0 Å². The maximum atomic E-state index is 10.3. The van der Waals surface area contributed by atoms with Crippen molar-refractivity contribution >= 4 is 0 Å². The second kappa shape index (κ2) is 4.33. The van der Waals surface area contributed by atoms with Gasteiger partial charge < -0.3 is 5.11 Å². The van der Waals surface area contributed by atoms with E-state index in [1.165, 1.54) is 0 Å². The van der Waals surface area contributed by atoms with Gasteiger partial charge in [-0.1, -0.05) is 57.2 Å². The maximum absolute atomic E-state index is 10.3. The molecule has 0 atom stereocenters. The average molecular weight is 270 g/mol. The monoisotopic (exact) mass is 270 g/mol. The molecule has 1 saturated heterocycles. The molecular formula is C17H18O3. The van der Waals surface area contributed by atoms with Gasteiger partial charge in [-0.05, 0) is 23.1 Å². The minimum atomic E-state index is -0.957. The minimum absolute atomic E-state index is 0.0127. The van der Waals surface area contributed by atoms with Gasteiger partial charge in [-0.15, -0.1) is 0 Å². The van der Waals surface area contributed by atoms with Crippen molar-refractivity contribution < 1.29 is 14.9 Å². The van der Waals surface area contributed by atoms with E-state index in [1.54, 1.807) is 6.07 Å². The SMILES string of the molecule is CC(C)(C)c1ccc(C2(c3ccccc3)OO2)c(O)c1. The van der Waals surface area contributed by atoms with Gasteiger partial charge in [-0.25, -0.2) is 0 Å². The highest BCUT2D eigenvalue weighted by Gasteiger charge is 2.54. The first kappa shape index (κ1) is 13.2. The van der Waals surface area contributed by atoms with Gasteiger partial charge in [-0.2, -0.15) is 9.78 Å². The first-order valence-electron chi connectivity index (χ1n) is 6.70. The van der Waals surface area contributed by atoms with Gasteiger partial charge in [0.05, 0.1) is 5.56 Å². The fourth-order valence-corrected chi connectivity index (χ4v) is 2.32. The van der Waals surface area contributed by atoms with Gasteiger partial charge in [0.1, 0.15) is 5.75 Å². The largest absolute Gasteiger partial charge is 0.507 e. The van der Waals surface area contributed by atoms with E-state index in [-0.39, 0.29) is 11.2 Å². The summed E-state index contributed by atoms with van der Waals surface area (Å²) < 4.78 is 0. The molecule has 0 aliphatic carbocycles. The van der Waals surface area contributed by atoms with Crippen LogP contribution in [0.2, 0.25) is 0 Å². The smallest absolute Gasteiger partial charge is 0.287 e. The highest BCUT2D eigenvalue weighted by Crippen LogP contribution is 2.50. The van der Waals surface area contributed by atoms with E-state index < -0.39 is 5.79 Å². The van der Waals surface area contributed by atoms with Crippen LogP contribution < -0.4 is 0 Å². The summed E-state index contributed by atoms with van der Waals surface area (Å²) in [5.41, 5.74) is 2.57. The lowest BCUT2D eigenvalue weighted by atomic mass is 9.85. The number of aromatic hydroxyl groups is 1. The summed E-state index contributed by atoms with van der Waals surface area (Å²) in [6.07, 6.45) is 0. The van der Waals surface area contributed by atoms with Crippen LogP contribution in [-0.4, -0.2) is 5.11 Å². The second-order valence-corrected chi connectivity index (χ2v) is 6.13. The van der Waals surface area contributed by atoms with Gasteiger partial charge in [0.2, 0.25) is 0 Å². The van der Waals surface area contributed by atoms with Crippen LogP contribution in [0.1, 0.15) is 37.5 Å². The summed E-state index contributed by atoms with van der Waals surface area (Å²) >= 11 is 0. The van der Waals surface area contributed by atoms with Crippen LogP contribution >= 0.6 is 0 Å². The van der Waals surface area contributed by atoms with E-state index in [9.17, 15) is 5.11 Å². The Hall–Kier alpha value is -1.84. The van der Waals surface area contributed by atoms with E-state index in [0.717, 1.165) is 11.1 Å². The van der Waals surface area contributed by atoms with E-state index >= 15 is 0 Å². The van der Waals surface area contributed by atoms with Crippen LogP contribution in [0, 0.1) is 0 Å². The third-order valence-electron chi connectivity index (χ3n) is 3.62. The molecule has 3 heteroatoms. The quantitative estimate of drug-likeness (QED) is 0.666. The lowest BCUT2D eigenvalue weighted by Gasteiger charge is -2.20. The molecule has 0 bridgehead atoms. The number of phenolic OH excluding ortho intramolecular Hbond substituents is 1. The van der Waals surface area contributed by atoms with Gasteiger partial charge in [0.15, 0.2) is 0 Å². The summed E-state index contributed by atoms with van der Waals surface area (Å²) in [5.74, 6) is -0.763. The fraction of sp³-hybridized carbons (Fsp3) is 0.294. The zero-order valence-corrected chi connectivity index (χ0v) is 11.9. The van der Waals surface area contributed by atoms with Crippen LogP contribution in [0.25, 0.3) is 0 Å². The van der Waals surface area contributed by atoms with Crippen LogP contribution in [0.4, 0.5) is 0 Å². The molecule has 0 unspecified atom stereocenters. The Labute approximate surface area is 118 Å². The number of hydrogen-bond acceptors (Lipinski definition) is 3. The maximum Gasteiger partial charge on any atom is 0.287 e. The predicted octanol–water partition coefficient (Wildman–Crippen LogP) is 3.85. The number of benzene rings is 2. The first-order valence-corrected chi connectivity index (χ1v) is 6.70. The standard InChI is InChI=1S/C17H18O3/c1-16(2,3)13-9-10-14(15(18)11-13)17(19-20-17)12-7-5-4-6-8-12/h4-11,18H,1-3H3. The van der Waals surface area contributed by atoms with Gasteiger partial charge in [0.25, 0.3) is 5.79 Å². The number of phenols is 1. The molecule has 1 N–H and O–H groups in total. The molecule has 3 rings (SSSR count). The molecule has 104 valence electrons. The van der Waals surface area contributed by atoms with Crippen molar-refractivity contribution in [1.29, 1.82) is 0 Å². The lowest BCUT2D eigenvalue weighted by molar-refractivity contribution is 0.0850. The Balaban J connectivity index is 2.04. The van der Waals surface area contributed by atoms with Crippen LogP contribution in [0.5, 0.6) is 5.75 Å². The molecule has 0 saturated carbocycles. The van der Waals surface area contributed by atoms with E-state index in [1.807, 2.05) is 42.5 Å². The van der Waals surface area contributed by atoms with Crippen molar-refractivity contribution in [3.8, 4) is 5.75 Å². The molecule has 20 heavy (non-hydrogen) atoms. The summed E-state index contributed by atoms with van der Waals surface area (Å²) in [6, 6.07) is 15.3. The van der Waals surface area contributed by atoms with E-state index in [4.69, 9.17) is 9.78 Å². The topological polar surface area (TPSA) is 45.3 Å². The highest BCUT2D eigenvalue weighted by molar-refractivity contribution is 5.47. The molecule has 0 radical (unpaired) electrons.